The molecule has 3 aromatic heterocycles. The van der Waals surface area contributed by atoms with Gasteiger partial charge in [-0.3, -0.25) is 4.68 Å². The van der Waals surface area contributed by atoms with Gasteiger partial charge in [0.05, 0.1) is 40.8 Å². The Morgan fingerprint density at radius 3 is 2.45 bits per heavy atom. The van der Waals surface area contributed by atoms with Gasteiger partial charge in [-0.15, -0.1) is 11.3 Å². The average molecular weight is 560 g/mol. The molecular formula is C30H33N5O4S. The summed E-state index contributed by atoms with van der Waals surface area (Å²) in [7, 11) is 1.37. The van der Waals surface area contributed by atoms with E-state index in [4.69, 9.17) is 9.84 Å². The van der Waals surface area contributed by atoms with Crippen LogP contribution >= 0.6 is 11.3 Å². The molecule has 4 aromatic rings. The number of para-hydroxylation sites is 1. The Labute approximate surface area is 236 Å². The molecule has 0 saturated heterocycles. The van der Waals surface area contributed by atoms with Crippen LogP contribution in [0.4, 0.5) is 11.4 Å². The van der Waals surface area contributed by atoms with Crippen LogP contribution in [-0.4, -0.2) is 43.5 Å². The van der Waals surface area contributed by atoms with E-state index in [2.05, 4.69) is 22.0 Å². The number of hydrogen-bond acceptors (Lipinski definition) is 7. The van der Waals surface area contributed by atoms with Crippen LogP contribution in [0.25, 0.3) is 15.3 Å². The summed E-state index contributed by atoms with van der Waals surface area (Å²) < 4.78 is 8.97. The molecule has 10 heteroatoms. The Kier molecular flexibility index (Phi) is 5.82. The number of fused-ring (bicyclic) bond motifs is 1. The van der Waals surface area contributed by atoms with E-state index in [0.717, 1.165) is 40.4 Å². The fraction of sp³-hybridized carbons (Fsp3) is 0.467. The van der Waals surface area contributed by atoms with Crippen molar-refractivity contribution in [2.45, 2.75) is 58.9 Å². The second-order valence-electron chi connectivity index (χ2n) is 12.1. The topological polar surface area (TPSA) is 111 Å². The summed E-state index contributed by atoms with van der Waals surface area (Å²) >= 11 is 1.44. The van der Waals surface area contributed by atoms with Crippen molar-refractivity contribution in [3.63, 3.8) is 0 Å². The third-order valence-corrected chi connectivity index (χ3v) is 10.6. The van der Waals surface area contributed by atoms with Gasteiger partial charge in [0.2, 0.25) is 0 Å². The zero-order chi connectivity index (χ0) is 27.8. The van der Waals surface area contributed by atoms with Crippen molar-refractivity contribution in [2.24, 2.45) is 23.2 Å². The van der Waals surface area contributed by atoms with Gasteiger partial charge in [0.15, 0.2) is 5.69 Å². The molecule has 4 aliphatic carbocycles. The third kappa shape index (κ3) is 3.95. The number of hydrogen-bond donors (Lipinski definition) is 2. The molecule has 0 radical (unpaired) electrons. The number of rotatable bonds is 7. The number of esters is 1. The number of carboxylic acids is 1. The number of anilines is 2. The Hall–Kier alpha value is -3.66. The molecule has 0 unspecified atom stereocenters. The molecule has 9 nitrogen and oxygen atoms in total. The molecule has 0 aliphatic heterocycles. The van der Waals surface area contributed by atoms with Gasteiger partial charge in [-0.2, -0.15) is 10.2 Å². The zero-order valence-corrected chi connectivity index (χ0v) is 23.8. The highest BCUT2D eigenvalue weighted by atomic mass is 32.1. The highest BCUT2D eigenvalue weighted by Crippen LogP contribution is 2.60. The van der Waals surface area contributed by atoms with E-state index in [1.54, 1.807) is 28.8 Å². The quantitative estimate of drug-likeness (QED) is 0.255. The summed E-state index contributed by atoms with van der Waals surface area (Å²) in [4.78, 5) is 26.4. The van der Waals surface area contributed by atoms with Crippen LogP contribution in [0.5, 0.6) is 0 Å². The lowest BCUT2D eigenvalue weighted by atomic mass is 9.49. The Bertz CT molecular complexity index is 1630. The van der Waals surface area contributed by atoms with Gasteiger partial charge in [0, 0.05) is 17.8 Å². The molecular weight excluding hydrogens is 526 g/mol. The minimum atomic E-state index is -1.02. The normalized spacial score (nSPS) is 25.0. The van der Waals surface area contributed by atoms with Crippen LogP contribution in [0, 0.1) is 37.0 Å². The second kappa shape index (κ2) is 9.19. The maximum absolute atomic E-state index is 13.1. The molecule has 208 valence electrons. The molecule has 4 aliphatic rings. The van der Waals surface area contributed by atoms with E-state index in [9.17, 15) is 14.7 Å². The number of carboxylic acid groups (broad SMARTS) is 1. The van der Waals surface area contributed by atoms with Crippen LogP contribution in [0.15, 0.2) is 30.5 Å². The number of aromatic carboxylic acids is 1. The summed E-state index contributed by atoms with van der Waals surface area (Å²) in [5, 5.41) is 22.5. The van der Waals surface area contributed by atoms with Gasteiger partial charge in [-0.25, -0.2) is 14.1 Å². The van der Waals surface area contributed by atoms with Gasteiger partial charge in [0.25, 0.3) is 0 Å². The standard InChI is InChI=1S/C30H33N5O4S/c1-16-24(32-23-7-5-4-6-21(23)28(36)37)27-35(33-16)25(29(38)39-3)26(40-27)22-14-31-34(17(22)2)15-30-11-18-8-19(12-30)10-20(9-18)13-30/h4-7,14,18-20,32H,8-13,15H2,1-3H3,(H,36,37). The number of nitrogens with one attached hydrogen (secondary N) is 1. The van der Waals surface area contributed by atoms with E-state index < -0.39 is 11.9 Å². The van der Waals surface area contributed by atoms with Crippen molar-refractivity contribution >= 4 is 39.5 Å². The summed E-state index contributed by atoms with van der Waals surface area (Å²) in [5.74, 6) is 1.12. The molecule has 4 fully saturated rings. The summed E-state index contributed by atoms with van der Waals surface area (Å²) in [6, 6.07) is 6.76. The summed E-state index contributed by atoms with van der Waals surface area (Å²) in [6.45, 7) is 4.84. The lowest BCUT2D eigenvalue weighted by molar-refractivity contribution is -0.0638. The van der Waals surface area contributed by atoms with Crippen LogP contribution < -0.4 is 5.32 Å². The third-order valence-electron chi connectivity index (χ3n) is 9.44. The highest BCUT2D eigenvalue weighted by Gasteiger charge is 2.51. The smallest absolute Gasteiger partial charge is 0.358 e. The van der Waals surface area contributed by atoms with Crippen LogP contribution in [-0.2, 0) is 11.3 Å². The number of carbonyl (C=O) groups is 2. The van der Waals surface area contributed by atoms with E-state index in [-0.39, 0.29) is 5.56 Å². The van der Waals surface area contributed by atoms with Gasteiger partial charge >= 0.3 is 11.9 Å². The maximum Gasteiger partial charge on any atom is 0.358 e. The Balaban J connectivity index is 1.28. The molecule has 4 saturated carbocycles. The van der Waals surface area contributed by atoms with Crippen molar-refractivity contribution in [1.82, 2.24) is 19.4 Å². The first-order valence-electron chi connectivity index (χ1n) is 14.0. The van der Waals surface area contributed by atoms with Crippen LogP contribution in [0.3, 0.4) is 0 Å². The number of thiazole rings is 1. The molecule has 1 aromatic carbocycles. The van der Waals surface area contributed by atoms with Crippen LogP contribution in [0.1, 0.15) is 70.8 Å². The summed E-state index contributed by atoms with van der Waals surface area (Å²) in [5.41, 5.74) is 4.55. The van der Waals surface area contributed by atoms with Crippen molar-refractivity contribution in [2.75, 3.05) is 12.4 Å². The average Bonchev–Trinajstić information content (AvgIpc) is 3.54. The van der Waals surface area contributed by atoms with Crippen molar-refractivity contribution in [1.29, 1.82) is 0 Å². The van der Waals surface area contributed by atoms with E-state index in [1.165, 1.54) is 57.0 Å². The van der Waals surface area contributed by atoms with Gasteiger partial charge in [-0.1, -0.05) is 12.1 Å². The molecule has 8 rings (SSSR count). The number of benzene rings is 1. The molecule has 2 N–H and O–H groups in total. The molecule has 3 heterocycles. The fourth-order valence-electron chi connectivity index (χ4n) is 8.14. The van der Waals surface area contributed by atoms with Crippen molar-refractivity contribution in [3.8, 4) is 10.4 Å². The molecule has 0 amide bonds. The fourth-order valence-corrected chi connectivity index (χ4v) is 9.43. The number of aromatic nitrogens is 4. The van der Waals surface area contributed by atoms with E-state index in [1.807, 2.05) is 13.1 Å². The van der Waals surface area contributed by atoms with Crippen molar-refractivity contribution in [3.05, 3.63) is 53.1 Å². The Morgan fingerprint density at radius 1 is 1.12 bits per heavy atom. The van der Waals surface area contributed by atoms with Crippen LogP contribution in [0.2, 0.25) is 0 Å². The predicted octanol–water partition coefficient (Wildman–Crippen LogP) is 6.32. The first-order valence-corrected chi connectivity index (χ1v) is 14.8. The number of nitrogens with zero attached hydrogens (tertiary/aromatic N) is 4. The minimum Gasteiger partial charge on any atom is -0.478 e. The lowest BCUT2D eigenvalue weighted by Gasteiger charge is -2.56. The molecule has 0 spiro atoms. The lowest BCUT2D eigenvalue weighted by Crippen LogP contribution is -2.48. The van der Waals surface area contributed by atoms with Gasteiger partial charge in [0.1, 0.15) is 4.83 Å². The van der Waals surface area contributed by atoms with E-state index in [0.29, 0.717) is 33.0 Å². The largest absolute Gasteiger partial charge is 0.478 e. The number of aryl methyl sites for hydroxylation is 1. The van der Waals surface area contributed by atoms with E-state index >= 15 is 0 Å². The summed E-state index contributed by atoms with van der Waals surface area (Å²) in [6.07, 6.45) is 10.0. The second-order valence-corrected chi connectivity index (χ2v) is 13.1. The molecule has 40 heavy (non-hydrogen) atoms. The molecule has 0 atom stereocenters. The monoisotopic (exact) mass is 559 g/mol. The number of ether oxygens (including phenoxy) is 1. The molecule has 4 bridgehead atoms. The first kappa shape index (κ1) is 25.3. The maximum atomic E-state index is 13.1. The van der Waals surface area contributed by atoms with Gasteiger partial charge in [-0.05, 0) is 87.7 Å². The Morgan fingerprint density at radius 2 is 1.80 bits per heavy atom. The van der Waals surface area contributed by atoms with Gasteiger partial charge < -0.3 is 15.2 Å². The van der Waals surface area contributed by atoms with Crippen molar-refractivity contribution < 1.29 is 19.4 Å². The predicted molar refractivity (Wildman–Crippen MR) is 152 cm³/mol. The SMILES string of the molecule is COC(=O)c1c(-c2cnn(CC34CC5CC(CC(C5)C3)C4)c2C)sc2c(Nc3ccccc3C(=O)O)c(C)nn12. The minimum absolute atomic E-state index is 0.160. The zero-order valence-electron chi connectivity index (χ0n) is 22.9. The highest BCUT2D eigenvalue weighted by molar-refractivity contribution is 7.21. The first-order chi connectivity index (χ1) is 19.2. The number of carbonyl (C=O) groups excluding carboxylic acids is 1. The number of methoxy groups -OCH3 is 1.